The van der Waals surface area contributed by atoms with E-state index in [0.29, 0.717) is 6.54 Å². The maximum atomic E-state index is 9.85. The van der Waals surface area contributed by atoms with Crippen LogP contribution in [0.2, 0.25) is 0 Å². The van der Waals surface area contributed by atoms with Crippen LogP contribution in [-0.2, 0) is 13.6 Å². The van der Waals surface area contributed by atoms with Gasteiger partial charge in [-0.15, -0.1) is 11.3 Å². The van der Waals surface area contributed by atoms with Gasteiger partial charge < -0.3 is 10.4 Å². The summed E-state index contributed by atoms with van der Waals surface area (Å²) < 4.78 is 1.69. The van der Waals surface area contributed by atoms with Crippen molar-refractivity contribution in [3.8, 4) is 0 Å². The highest BCUT2D eigenvalue weighted by molar-refractivity contribution is 7.09. The molecule has 2 aromatic heterocycles. The second-order valence-corrected chi connectivity index (χ2v) is 4.71. The van der Waals surface area contributed by atoms with Gasteiger partial charge in [0.15, 0.2) is 0 Å². The minimum Gasteiger partial charge on any atom is -0.387 e. The van der Waals surface area contributed by atoms with Crippen LogP contribution in [0, 0.1) is 0 Å². The first-order chi connectivity index (χ1) is 7.75. The van der Waals surface area contributed by atoms with E-state index in [0.717, 1.165) is 12.1 Å². The summed E-state index contributed by atoms with van der Waals surface area (Å²) in [5.41, 5.74) is 0.848. The van der Waals surface area contributed by atoms with E-state index in [1.54, 1.807) is 22.2 Å². The smallest absolute Gasteiger partial charge is 0.0944 e. The fourth-order valence-corrected chi connectivity index (χ4v) is 2.15. The molecule has 0 saturated carbocycles. The normalized spacial score (nSPS) is 12.9. The molecule has 0 aliphatic carbocycles. The molecule has 2 aromatic rings. The summed E-state index contributed by atoms with van der Waals surface area (Å²) in [5, 5.41) is 19.1. The molecular formula is C11H15N3OS. The summed E-state index contributed by atoms with van der Waals surface area (Å²) in [4.78, 5) is 1.28. The molecule has 1 atom stereocenters. The van der Waals surface area contributed by atoms with Crippen LogP contribution in [0.5, 0.6) is 0 Å². The van der Waals surface area contributed by atoms with Crippen molar-refractivity contribution in [2.75, 3.05) is 6.54 Å². The highest BCUT2D eigenvalue weighted by Crippen LogP contribution is 2.11. The van der Waals surface area contributed by atoms with Gasteiger partial charge in [0.25, 0.3) is 0 Å². The van der Waals surface area contributed by atoms with Gasteiger partial charge in [-0.25, -0.2) is 0 Å². The molecule has 4 nitrogen and oxygen atoms in total. The molecule has 1 unspecified atom stereocenters. The molecule has 0 amide bonds. The van der Waals surface area contributed by atoms with Crippen molar-refractivity contribution < 1.29 is 5.11 Å². The van der Waals surface area contributed by atoms with E-state index in [4.69, 9.17) is 0 Å². The zero-order valence-corrected chi connectivity index (χ0v) is 9.94. The fourth-order valence-electron chi connectivity index (χ4n) is 1.48. The Balaban J connectivity index is 1.78. The number of hydrogen-bond donors (Lipinski definition) is 2. The number of thiophene rings is 1. The lowest BCUT2D eigenvalue weighted by Crippen LogP contribution is -2.20. The van der Waals surface area contributed by atoms with Crippen molar-refractivity contribution in [2.24, 2.45) is 7.05 Å². The van der Waals surface area contributed by atoms with E-state index >= 15 is 0 Å². The standard InChI is InChI=1S/C11H15N3OS/c1-14-8-9(5-13-14)11(15)7-12-6-10-3-2-4-16-10/h2-5,8,11-12,15H,6-7H2,1H3. The first-order valence-corrected chi connectivity index (χ1v) is 6.03. The van der Waals surface area contributed by atoms with Crippen molar-refractivity contribution in [1.29, 1.82) is 0 Å². The average molecular weight is 237 g/mol. The van der Waals surface area contributed by atoms with E-state index in [2.05, 4.69) is 21.9 Å². The van der Waals surface area contributed by atoms with Gasteiger partial charge in [0.05, 0.1) is 12.3 Å². The van der Waals surface area contributed by atoms with Gasteiger partial charge in [-0.3, -0.25) is 4.68 Å². The Hall–Kier alpha value is -1.17. The van der Waals surface area contributed by atoms with Crippen molar-refractivity contribution in [1.82, 2.24) is 15.1 Å². The molecule has 0 aliphatic rings. The lowest BCUT2D eigenvalue weighted by molar-refractivity contribution is 0.174. The van der Waals surface area contributed by atoms with E-state index < -0.39 is 6.10 Å². The SMILES string of the molecule is Cn1cc(C(O)CNCc2cccs2)cn1. The molecule has 2 heterocycles. The minimum atomic E-state index is -0.492. The van der Waals surface area contributed by atoms with Crippen LogP contribution < -0.4 is 5.32 Å². The van der Waals surface area contributed by atoms with E-state index in [1.807, 2.05) is 19.3 Å². The number of rotatable bonds is 5. The second-order valence-electron chi connectivity index (χ2n) is 3.67. The maximum Gasteiger partial charge on any atom is 0.0944 e. The molecule has 2 N–H and O–H groups in total. The molecule has 5 heteroatoms. The minimum absolute atomic E-state index is 0.492. The Morgan fingerprint density at radius 3 is 3.12 bits per heavy atom. The van der Waals surface area contributed by atoms with E-state index in [-0.39, 0.29) is 0 Å². The summed E-state index contributed by atoms with van der Waals surface area (Å²) >= 11 is 1.71. The van der Waals surface area contributed by atoms with Crippen LogP contribution in [0.15, 0.2) is 29.9 Å². The molecule has 2 rings (SSSR count). The van der Waals surface area contributed by atoms with Crippen molar-refractivity contribution >= 4 is 11.3 Å². The Morgan fingerprint density at radius 2 is 2.50 bits per heavy atom. The number of hydrogen-bond acceptors (Lipinski definition) is 4. The molecule has 0 fully saturated rings. The van der Waals surface area contributed by atoms with Crippen LogP contribution in [0.4, 0.5) is 0 Å². The van der Waals surface area contributed by atoms with Gasteiger partial charge in [-0.1, -0.05) is 6.07 Å². The molecule has 0 spiro atoms. The van der Waals surface area contributed by atoms with Crippen molar-refractivity contribution in [3.63, 3.8) is 0 Å². The Morgan fingerprint density at radius 1 is 1.62 bits per heavy atom. The summed E-state index contributed by atoms with van der Waals surface area (Å²) in [6, 6.07) is 4.10. The van der Waals surface area contributed by atoms with E-state index in [9.17, 15) is 5.11 Å². The van der Waals surface area contributed by atoms with E-state index in [1.165, 1.54) is 4.88 Å². The number of aliphatic hydroxyl groups excluding tert-OH is 1. The van der Waals surface area contributed by atoms with Crippen LogP contribution in [-0.4, -0.2) is 21.4 Å². The predicted molar refractivity (Wildman–Crippen MR) is 64.2 cm³/mol. The third-order valence-corrected chi connectivity index (χ3v) is 3.20. The first-order valence-electron chi connectivity index (χ1n) is 5.15. The van der Waals surface area contributed by atoms with Gasteiger partial charge in [0.1, 0.15) is 0 Å². The number of aliphatic hydroxyl groups is 1. The highest BCUT2D eigenvalue weighted by atomic mass is 32.1. The molecule has 0 aromatic carbocycles. The van der Waals surface area contributed by atoms with Gasteiger partial charge >= 0.3 is 0 Å². The van der Waals surface area contributed by atoms with Crippen LogP contribution in [0.25, 0.3) is 0 Å². The Labute approximate surface area is 98.5 Å². The summed E-state index contributed by atoms with van der Waals surface area (Å²) in [7, 11) is 1.84. The van der Waals surface area contributed by atoms with Crippen LogP contribution in [0.3, 0.4) is 0 Å². The monoisotopic (exact) mass is 237 g/mol. The predicted octanol–water partition coefficient (Wildman–Crippen LogP) is 1.30. The number of aryl methyl sites for hydroxylation is 1. The second kappa shape index (κ2) is 5.25. The summed E-state index contributed by atoms with van der Waals surface area (Å²) in [5.74, 6) is 0. The maximum absolute atomic E-state index is 9.85. The fraction of sp³-hybridized carbons (Fsp3) is 0.364. The Kier molecular flexibility index (Phi) is 3.71. The van der Waals surface area contributed by atoms with Gasteiger partial charge in [-0.05, 0) is 11.4 Å². The summed E-state index contributed by atoms with van der Waals surface area (Å²) in [6.07, 6.45) is 3.03. The summed E-state index contributed by atoms with van der Waals surface area (Å²) in [6.45, 7) is 1.35. The molecular weight excluding hydrogens is 222 g/mol. The third kappa shape index (κ3) is 2.91. The lowest BCUT2D eigenvalue weighted by Gasteiger charge is -2.08. The molecule has 16 heavy (non-hydrogen) atoms. The number of aromatic nitrogens is 2. The van der Waals surface area contributed by atoms with Gasteiger partial charge in [-0.2, -0.15) is 5.10 Å². The largest absolute Gasteiger partial charge is 0.387 e. The van der Waals surface area contributed by atoms with Crippen LogP contribution in [0.1, 0.15) is 16.5 Å². The van der Waals surface area contributed by atoms with Gasteiger partial charge in [0, 0.05) is 36.8 Å². The zero-order valence-electron chi connectivity index (χ0n) is 9.13. The molecule has 0 saturated heterocycles. The third-order valence-electron chi connectivity index (χ3n) is 2.33. The molecule has 86 valence electrons. The van der Waals surface area contributed by atoms with Crippen molar-refractivity contribution in [3.05, 3.63) is 40.3 Å². The average Bonchev–Trinajstić information content (AvgIpc) is 2.89. The Bertz CT molecular complexity index is 424. The van der Waals surface area contributed by atoms with Crippen LogP contribution >= 0.6 is 11.3 Å². The number of nitrogens with one attached hydrogen (secondary N) is 1. The molecule has 0 aliphatic heterocycles. The molecule has 0 radical (unpaired) electrons. The number of nitrogens with zero attached hydrogens (tertiary/aromatic N) is 2. The first kappa shape index (κ1) is 11.3. The van der Waals surface area contributed by atoms with Gasteiger partial charge in [0.2, 0.25) is 0 Å². The quantitative estimate of drug-likeness (QED) is 0.824. The lowest BCUT2D eigenvalue weighted by atomic mass is 10.2. The van der Waals surface area contributed by atoms with Crippen molar-refractivity contribution in [2.45, 2.75) is 12.6 Å². The topological polar surface area (TPSA) is 50.1 Å². The molecule has 0 bridgehead atoms. The highest BCUT2D eigenvalue weighted by Gasteiger charge is 2.08. The zero-order chi connectivity index (χ0) is 11.4.